The summed E-state index contributed by atoms with van der Waals surface area (Å²) in [6.45, 7) is 8.52. The summed E-state index contributed by atoms with van der Waals surface area (Å²) in [4.78, 5) is 16.3. The average Bonchev–Trinajstić information content (AvgIpc) is 3.28. The van der Waals surface area contributed by atoms with Crippen molar-refractivity contribution in [2.24, 2.45) is 0 Å². The van der Waals surface area contributed by atoms with Crippen LogP contribution in [0.15, 0.2) is 23.0 Å². The van der Waals surface area contributed by atoms with Crippen molar-refractivity contribution < 1.29 is 9.21 Å². The molecule has 0 spiro atoms. The predicted octanol–water partition coefficient (Wildman–Crippen LogP) is 2.70. The SMILES string of the molecule is CC(C)n1nc(CN2CCCC2=O)c2c1CN(Cc1ccoc1)C2. The van der Waals surface area contributed by atoms with Crippen LogP contribution in [0.1, 0.15) is 55.2 Å². The topological polar surface area (TPSA) is 54.5 Å². The van der Waals surface area contributed by atoms with Crippen LogP contribution in [0.4, 0.5) is 0 Å². The van der Waals surface area contributed by atoms with Crippen molar-refractivity contribution in [2.75, 3.05) is 6.54 Å². The van der Waals surface area contributed by atoms with Crippen LogP contribution in [0.2, 0.25) is 0 Å². The Morgan fingerprint density at radius 1 is 1.29 bits per heavy atom. The van der Waals surface area contributed by atoms with Gasteiger partial charge in [0, 0.05) is 49.8 Å². The minimum absolute atomic E-state index is 0.260. The summed E-state index contributed by atoms with van der Waals surface area (Å²) in [7, 11) is 0. The van der Waals surface area contributed by atoms with Crippen molar-refractivity contribution in [2.45, 2.75) is 58.9 Å². The second-order valence-electron chi connectivity index (χ2n) is 7.11. The van der Waals surface area contributed by atoms with Gasteiger partial charge in [0.05, 0.1) is 30.5 Å². The van der Waals surface area contributed by atoms with Crippen LogP contribution in [0.25, 0.3) is 0 Å². The molecule has 2 aromatic heterocycles. The van der Waals surface area contributed by atoms with E-state index in [0.717, 1.165) is 38.3 Å². The van der Waals surface area contributed by atoms with Crippen LogP contribution >= 0.6 is 0 Å². The molecule has 1 saturated heterocycles. The van der Waals surface area contributed by atoms with Crippen LogP contribution in [0.5, 0.6) is 0 Å². The highest BCUT2D eigenvalue weighted by molar-refractivity contribution is 5.78. The molecule has 24 heavy (non-hydrogen) atoms. The number of aromatic nitrogens is 2. The normalized spacial score (nSPS) is 18.1. The standard InChI is InChI=1S/C18H24N4O2/c1-13(2)22-17-11-20(8-14-5-7-24-12-14)9-15(17)16(19-22)10-21-6-3-4-18(21)23/h5,7,12-13H,3-4,6,8-11H2,1-2H3. The summed E-state index contributed by atoms with van der Waals surface area (Å²) in [5.74, 6) is 0.260. The van der Waals surface area contributed by atoms with Gasteiger partial charge in [0.15, 0.2) is 0 Å². The van der Waals surface area contributed by atoms with Gasteiger partial charge in [-0.25, -0.2) is 0 Å². The molecule has 2 aliphatic rings. The fourth-order valence-electron chi connectivity index (χ4n) is 3.76. The Labute approximate surface area is 142 Å². The van der Waals surface area contributed by atoms with E-state index in [1.54, 1.807) is 6.26 Å². The van der Waals surface area contributed by atoms with Crippen LogP contribution in [-0.2, 0) is 31.0 Å². The third-order valence-corrected chi connectivity index (χ3v) is 4.94. The highest BCUT2D eigenvalue weighted by Crippen LogP contribution is 2.30. The monoisotopic (exact) mass is 328 g/mol. The first kappa shape index (κ1) is 15.4. The van der Waals surface area contributed by atoms with Gasteiger partial charge in [-0.1, -0.05) is 0 Å². The lowest BCUT2D eigenvalue weighted by Gasteiger charge is -2.18. The third kappa shape index (κ3) is 2.75. The summed E-state index contributed by atoms with van der Waals surface area (Å²) >= 11 is 0. The molecule has 2 aliphatic heterocycles. The second kappa shape index (κ2) is 6.09. The maximum Gasteiger partial charge on any atom is 0.222 e. The molecule has 0 atom stereocenters. The molecule has 0 aromatic carbocycles. The van der Waals surface area contributed by atoms with E-state index in [1.165, 1.54) is 16.8 Å². The lowest BCUT2D eigenvalue weighted by molar-refractivity contribution is -0.128. The van der Waals surface area contributed by atoms with Gasteiger partial charge >= 0.3 is 0 Å². The molecule has 0 aliphatic carbocycles. The van der Waals surface area contributed by atoms with Crippen LogP contribution < -0.4 is 0 Å². The molecular weight excluding hydrogens is 304 g/mol. The van der Waals surface area contributed by atoms with E-state index in [9.17, 15) is 4.79 Å². The Morgan fingerprint density at radius 2 is 2.17 bits per heavy atom. The number of hydrogen-bond donors (Lipinski definition) is 0. The molecule has 1 fully saturated rings. The van der Waals surface area contributed by atoms with Gasteiger partial charge in [-0.2, -0.15) is 5.10 Å². The van der Waals surface area contributed by atoms with Crippen molar-refractivity contribution in [3.05, 3.63) is 41.1 Å². The van der Waals surface area contributed by atoms with Gasteiger partial charge in [0.25, 0.3) is 0 Å². The number of hydrogen-bond acceptors (Lipinski definition) is 4. The Kier molecular flexibility index (Phi) is 3.92. The molecule has 4 rings (SSSR count). The number of rotatable bonds is 5. The van der Waals surface area contributed by atoms with Gasteiger partial charge in [-0.05, 0) is 26.3 Å². The third-order valence-electron chi connectivity index (χ3n) is 4.94. The van der Waals surface area contributed by atoms with Crippen LogP contribution in [0.3, 0.4) is 0 Å². The largest absolute Gasteiger partial charge is 0.472 e. The fraction of sp³-hybridized carbons (Fsp3) is 0.556. The Hall–Kier alpha value is -2.08. The van der Waals surface area contributed by atoms with Crippen LogP contribution in [-0.4, -0.2) is 32.0 Å². The molecule has 0 unspecified atom stereocenters. The molecule has 2 aromatic rings. The van der Waals surface area contributed by atoms with E-state index in [0.29, 0.717) is 19.0 Å². The summed E-state index contributed by atoms with van der Waals surface area (Å²) in [5, 5.41) is 4.84. The number of carbonyl (C=O) groups excluding carboxylic acids is 1. The van der Waals surface area contributed by atoms with Gasteiger partial charge in [0.1, 0.15) is 0 Å². The zero-order valence-electron chi connectivity index (χ0n) is 14.4. The van der Waals surface area contributed by atoms with Crippen molar-refractivity contribution in [3.63, 3.8) is 0 Å². The van der Waals surface area contributed by atoms with E-state index >= 15 is 0 Å². The summed E-state index contributed by atoms with van der Waals surface area (Å²) < 4.78 is 7.32. The zero-order valence-corrected chi connectivity index (χ0v) is 14.4. The predicted molar refractivity (Wildman–Crippen MR) is 88.9 cm³/mol. The Balaban J connectivity index is 1.57. The van der Waals surface area contributed by atoms with E-state index in [-0.39, 0.29) is 5.91 Å². The smallest absolute Gasteiger partial charge is 0.222 e. The highest BCUT2D eigenvalue weighted by atomic mass is 16.3. The number of nitrogens with zero attached hydrogens (tertiary/aromatic N) is 4. The van der Waals surface area contributed by atoms with Gasteiger partial charge in [0.2, 0.25) is 5.91 Å². The van der Waals surface area contributed by atoms with Gasteiger partial charge in [-0.3, -0.25) is 14.4 Å². The molecular formula is C18H24N4O2. The molecule has 4 heterocycles. The maximum absolute atomic E-state index is 12.0. The molecule has 1 amide bonds. The molecule has 6 nitrogen and oxygen atoms in total. The summed E-state index contributed by atoms with van der Waals surface area (Å²) in [6, 6.07) is 2.34. The van der Waals surface area contributed by atoms with E-state index in [2.05, 4.69) is 23.4 Å². The van der Waals surface area contributed by atoms with Crippen molar-refractivity contribution >= 4 is 5.91 Å². The van der Waals surface area contributed by atoms with E-state index in [1.807, 2.05) is 17.2 Å². The molecule has 0 radical (unpaired) electrons. The zero-order chi connectivity index (χ0) is 16.7. The van der Waals surface area contributed by atoms with Crippen molar-refractivity contribution in [1.29, 1.82) is 0 Å². The molecule has 0 bridgehead atoms. The van der Waals surface area contributed by atoms with E-state index in [4.69, 9.17) is 9.52 Å². The maximum atomic E-state index is 12.0. The Bertz CT molecular complexity index is 733. The first-order chi connectivity index (χ1) is 11.6. The number of likely N-dealkylation sites (tertiary alicyclic amines) is 1. The molecule has 0 saturated carbocycles. The highest BCUT2D eigenvalue weighted by Gasteiger charge is 2.31. The van der Waals surface area contributed by atoms with Crippen molar-refractivity contribution in [1.82, 2.24) is 19.6 Å². The molecule has 128 valence electrons. The quantitative estimate of drug-likeness (QED) is 0.847. The van der Waals surface area contributed by atoms with Crippen LogP contribution in [0, 0.1) is 0 Å². The minimum Gasteiger partial charge on any atom is -0.472 e. The number of fused-ring (bicyclic) bond motifs is 1. The average molecular weight is 328 g/mol. The number of furan rings is 1. The van der Waals surface area contributed by atoms with Gasteiger partial charge in [-0.15, -0.1) is 0 Å². The van der Waals surface area contributed by atoms with Crippen molar-refractivity contribution in [3.8, 4) is 0 Å². The first-order valence-corrected chi connectivity index (χ1v) is 8.72. The summed E-state index contributed by atoms with van der Waals surface area (Å²) in [5.41, 5.74) is 4.88. The fourth-order valence-corrected chi connectivity index (χ4v) is 3.76. The van der Waals surface area contributed by atoms with Gasteiger partial charge < -0.3 is 9.32 Å². The first-order valence-electron chi connectivity index (χ1n) is 8.72. The second-order valence-corrected chi connectivity index (χ2v) is 7.11. The van der Waals surface area contributed by atoms with E-state index < -0.39 is 0 Å². The summed E-state index contributed by atoms with van der Waals surface area (Å²) in [6.07, 6.45) is 5.18. The number of carbonyl (C=O) groups is 1. The molecule has 0 N–H and O–H groups in total. The lowest BCUT2D eigenvalue weighted by atomic mass is 10.2. The lowest BCUT2D eigenvalue weighted by Crippen LogP contribution is -2.25. The molecule has 6 heteroatoms. The Morgan fingerprint density at radius 3 is 2.83 bits per heavy atom. The minimum atomic E-state index is 0.260. The number of amides is 1.